The maximum atomic E-state index is 11.4. The van der Waals surface area contributed by atoms with Crippen molar-refractivity contribution in [3.8, 4) is 0 Å². The molecule has 1 aromatic rings. The molecule has 0 saturated heterocycles. The molecule has 0 radical (unpaired) electrons. The Balaban J connectivity index is 2.34. The van der Waals surface area contributed by atoms with Gasteiger partial charge in [0.05, 0.1) is 12.6 Å². The summed E-state index contributed by atoms with van der Waals surface area (Å²) in [6.07, 6.45) is -0.446. The van der Waals surface area contributed by atoms with Crippen LogP contribution < -0.4 is 10.6 Å². The first-order valence-electron chi connectivity index (χ1n) is 5.02. The van der Waals surface area contributed by atoms with E-state index in [1.54, 1.807) is 6.92 Å². The van der Waals surface area contributed by atoms with Crippen LogP contribution in [0.15, 0.2) is 28.7 Å². The monoisotopic (exact) mass is 286 g/mol. The first-order chi connectivity index (χ1) is 7.58. The summed E-state index contributed by atoms with van der Waals surface area (Å²) in [4.78, 5) is 11.4. The van der Waals surface area contributed by atoms with E-state index in [0.29, 0.717) is 6.54 Å². The molecule has 0 heterocycles. The lowest BCUT2D eigenvalue weighted by molar-refractivity contribution is -0.115. The third-order valence-corrected chi connectivity index (χ3v) is 2.33. The molecule has 0 saturated carbocycles. The summed E-state index contributed by atoms with van der Waals surface area (Å²) in [7, 11) is 0. The number of hydrogen-bond donors (Lipinski definition) is 3. The zero-order valence-electron chi connectivity index (χ0n) is 9.03. The van der Waals surface area contributed by atoms with E-state index < -0.39 is 6.10 Å². The van der Waals surface area contributed by atoms with Crippen molar-refractivity contribution in [3.63, 3.8) is 0 Å². The Morgan fingerprint density at radius 1 is 1.56 bits per heavy atom. The van der Waals surface area contributed by atoms with Gasteiger partial charge in [-0.1, -0.05) is 22.0 Å². The molecule has 1 atom stereocenters. The summed E-state index contributed by atoms with van der Waals surface area (Å²) in [5.74, 6) is -0.126. The second kappa shape index (κ2) is 6.62. The van der Waals surface area contributed by atoms with Crippen LogP contribution in [0, 0.1) is 0 Å². The number of anilines is 1. The number of halogens is 1. The lowest BCUT2D eigenvalue weighted by Crippen LogP contribution is -2.32. The molecule has 4 nitrogen and oxygen atoms in total. The van der Waals surface area contributed by atoms with Gasteiger partial charge in [0.1, 0.15) is 0 Å². The van der Waals surface area contributed by atoms with Crippen LogP contribution in [0.5, 0.6) is 0 Å². The van der Waals surface area contributed by atoms with Crippen molar-refractivity contribution in [2.24, 2.45) is 0 Å². The van der Waals surface area contributed by atoms with Crippen molar-refractivity contribution >= 4 is 27.5 Å². The van der Waals surface area contributed by atoms with Crippen LogP contribution in [0.2, 0.25) is 0 Å². The zero-order valence-corrected chi connectivity index (χ0v) is 10.6. The van der Waals surface area contributed by atoms with Crippen molar-refractivity contribution in [2.45, 2.75) is 13.0 Å². The molecule has 1 unspecified atom stereocenters. The van der Waals surface area contributed by atoms with Gasteiger partial charge in [0.2, 0.25) is 5.91 Å². The molecule has 0 aliphatic heterocycles. The Hall–Kier alpha value is -0.910. The van der Waals surface area contributed by atoms with E-state index in [1.807, 2.05) is 24.3 Å². The summed E-state index contributed by atoms with van der Waals surface area (Å²) in [6.45, 7) is 2.27. The first-order valence-corrected chi connectivity index (χ1v) is 5.81. The second-order valence-corrected chi connectivity index (χ2v) is 4.45. The molecule has 1 rings (SSSR count). The Labute approximate surface area is 103 Å². The number of benzene rings is 1. The van der Waals surface area contributed by atoms with E-state index in [1.165, 1.54) is 0 Å². The van der Waals surface area contributed by atoms with Crippen molar-refractivity contribution in [3.05, 3.63) is 28.7 Å². The SMILES string of the molecule is CC(O)CNCC(=O)Nc1cccc(Br)c1. The molecule has 0 aromatic heterocycles. The van der Waals surface area contributed by atoms with Crippen LogP contribution >= 0.6 is 15.9 Å². The maximum Gasteiger partial charge on any atom is 0.238 e. The number of amides is 1. The van der Waals surface area contributed by atoms with Gasteiger partial charge in [0.15, 0.2) is 0 Å². The van der Waals surface area contributed by atoms with Crippen LogP contribution in [0.25, 0.3) is 0 Å². The van der Waals surface area contributed by atoms with Crippen molar-refractivity contribution < 1.29 is 9.90 Å². The van der Waals surface area contributed by atoms with E-state index in [9.17, 15) is 4.79 Å². The third kappa shape index (κ3) is 5.25. The van der Waals surface area contributed by atoms with Crippen LogP contribution in [-0.4, -0.2) is 30.2 Å². The predicted octanol–water partition coefficient (Wildman–Crippen LogP) is 1.36. The Bertz CT molecular complexity index is 356. The van der Waals surface area contributed by atoms with Crippen LogP contribution in [0.1, 0.15) is 6.92 Å². The molecule has 5 heteroatoms. The lowest BCUT2D eigenvalue weighted by Gasteiger charge is -2.08. The van der Waals surface area contributed by atoms with Gasteiger partial charge in [0, 0.05) is 16.7 Å². The van der Waals surface area contributed by atoms with Gasteiger partial charge < -0.3 is 15.7 Å². The molecule has 3 N–H and O–H groups in total. The van der Waals surface area contributed by atoms with E-state index in [0.717, 1.165) is 10.2 Å². The average molecular weight is 287 g/mol. The first kappa shape index (κ1) is 13.2. The third-order valence-electron chi connectivity index (χ3n) is 1.83. The van der Waals surface area contributed by atoms with E-state index >= 15 is 0 Å². The molecule has 1 amide bonds. The molecular formula is C11H15BrN2O2. The molecule has 16 heavy (non-hydrogen) atoms. The molecule has 0 spiro atoms. The molecule has 88 valence electrons. The molecule has 1 aromatic carbocycles. The number of rotatable bonds is 5. The minimum Gasteiger partial charge on any atom is -0.392 e. The highest BCUT2D eigenvalue weighted by Gasteiger charge is 2.02. The minimum atomic E-state index is -0.446. The Morgan fingerprint density at radius 3 is 2.94 bits per heavy atom. The summed E-state index contributed by atoms with van der Waals surface area (Å²) < 4.78 is 0.919. The number of nitrogens with one attached hydrogen (secondary N) is 2. The molecular weight excluding hydrogens is 272 g/mol. The second-order valence-electron chi connectivity index (χ2n) is 3.54. The van der Waals surface area contributed by atoms with Gasteiger partial charge in [0.25, 0.3) is 0 Å². The minimum absolute atomic E-state index is 0.126. The number of carbonyl (C=O) groups is 1. The standard InChI is InChI=1S/C11H15BrN2O2/c1-8(15)6-13-7-11(16)14-10-4-2-3-9(12)5-10/h2-5,8,13,15H,6-7H2,1H3,(H,14,16). The quantitative estimate of drug-likeness (QED) is 0.766. The molecule has 0 fully saturated rings. The van der Waals surface area contributed by atoms with E-state index in [2.05, 4.69) is 26.6 Å². The highest BCUT2D eigenvalue weighted by Crippen LogP contribution is 2.15. The normalized spacial score (nSPS) is 12.2. The van der Waals surface area contributed by atoms with Crippen molar-refractivity contribution in [1.29, 1.82) is 0 Å². The van der Waals surface area contributed by atoms with E-state index in [-0.39, 0.29) is 12.5 Å². The van der Waals surface area contributed by atoms with Gasteiger partial charge >= 0.3 is 0 Å². The van der Waals surface area contributed by atoms with Crippen molar-refractivity contribution in [1.82, 2.24) is 5.32 Å². The fourth-order valence-electron chi connectivity index (χ4n) is 1.17. The number of aliphatic hydroxyl groups excluding tert-OH is 1. The maximum absolute atomic E-state index is 11.4. The smallest absolute Gasteiger partial charge is 0.238 e. The lowest BCUT2D eigenvalue weighted by atomic mass is 10.3. The fourth-order valence-corrected chi connectivity index (χ4v) is 1.57. The topological polar surface area (TPSA) is 61.4 Å². The van der Waals surface area contributed by atoms with Gasteiger partial charge in [-0.25, -0.2) is 0 Å². The van der Waals surface area contributed by atoms with Gasteiger partial charge in [-0.15, -0.1) is 0 Å². The largest absolute Gasteiger partial charge is 0.392 e. The summed E-state index contributed by atoms with van der Waals surface area (Å²) in [6, 6.07) is 7.38. The fraction of sp³-hybridized carbons (Fsp3) is 0.364. The number of carbonyl (C=O) groups excluding carboxylic acids is 1. The summed E-state index contributed by atoms with van der Waals surface area (Å²) in [5.41, 5.74) is 0.748. The zero-order chi connectivity index (χ0) is 12.0. The van der Waals surface area contributed by atoms with Gasteiger partial charge in [-0.05, 0) is 25.1 Å². The summed E-state index contributed by atoms with van der Waals surface area (Å²) in [5, 5.41) is 14.6. The van der Waals surface area contributed by atoms with Crippen LogP contribution in [-0.2, 0) is 4.79 Å². The van der Waals surface area contributed by atoms with Gasteiger partial charge in [-0.3, -0.25) is 4.79 Å². The molecule has 0 aliphatic carbocycles. The van der Waals surface area contributed by atoms with E-state index in [4.69, 9.17) is 5.11 Å². The highest BCUT2D eigenvalue weighted by atomic mass is 79.9. The Morgan fingerprint density at radius 2 is 2.31 bits per heavy atom. The van der Waals surface area contributed by atoms with Crippen LogP contribution in [0.4, 0.5) is 5.69 Å². The molecule has 0 bridgehead atoms. The Kier molecular flexibility index (Phi) is 5.45. The molecule has 0 aliphatic rings. The number of hydrogen-bond acceptors (Lipinski definition) is 3. The van der Waals surface area contributed by atoms with Crippen LogP contribution in [0.3, 0.4) is 0 Å². The van der Waals surface area contributed by atoms with Gasteiger partial charge in [-0.2, -0.15) is 0 Å². The van der Waals surface area contributed by atoms with Crippen molar-refractivity contribution in [2.75, 3.05) is 18.4 Å². The number of aliphatic hydroxyl groups is 1. The highest BCUT2D eigenvalue weighted by molar-refractivity contribution is 9.10. The average Bonchev–Trinajstić information content (AvgIpc) is 2.16. The summed E-state index contributed by atoms with van der Waals surface area (Å²) >= 11 is 3.32. The predicted molar refractivity (Wildman–Crippen MR) is 67.3 cm³/mol.